The highest BCUT2D eigenvalue weighted by Crippen LogP contribution is 2.30. The lowest BCUT2D eigenvalue weighted by Crippen LogP contribution is -2.18. The minimum Gasteiger partial charge on any atom is -0.337 e. The Bertz CT molecular complexity index is 917. The minimum absolute atomic E-state index is 0.126. The molecule has 24 heavy (non-hydrogen) atoms. The number of carbonyl (C=O) groups excluding carboxylic acids is 1. The van der Waals surface area contributed by atoms with Gasteiger partial charge in [-0.15, -0.1) is 0 Å². The minimum atomic E-state index is -0.126. The van der Waals surface area contributed by atoms with Crippen LogP contribution in [0.3, 0.4) is 0 Å². The predicted octanol–water partition coefficient (Wildman–Crippen LogP) is 5.49. The van der Waals surface area contributed by atoms with Crippen molar-refractivity contribution in [2.45, 2.75) is 34.2 Å². The first-order valence-electron chi connectivity index (χ1n) is 8.10. The highest BCUT2D eigenvalue weighted by molar-refractivity contribution is 6.34. The van der Waals surface area contributed by atoms with E-state index in [1.807, 2.05) is 58.0 Å². The second kappa shape index (κ2) is 6.33. The zero-order valence-corrected chi connectivity index (χ0v) is 15.2. The summed E-state index contributed by atoms with van der Waals surface area (Å²) in [7, 11) is 0. The average molecular weight is 341 g/mol. The van der Waals surface area contributed by atoms with Crippen LogP contribution >= 0.6 is 11.6 Å². The van der Waals surface area contributed by atoms with Crippen molar-refractivity contribution < 1.29 is 4.79 Å². The summed E-state index contributed by atoms with van der Waals surface area (Å²) < 4.78 is 2.05. The first-order valence-corrected chi connectivity index (χ1v) is 8.47. The third-order valence-corrected chi connectivity index (χ3v) is 4.72. The Morgan fingerprint density at radius 3 is 2.54 bits per heavy atom. The molecule has 1 amide bonds. The molecule has 4 heteroatoms. The van der Waals surface area contributed by atoms with Gasteiger partial charge in [-0.25, -0.2) is 0 Å². The van der Waals surface area contributed by atoms with Gasteiger partial charge in [0.25, 0.3) is 5.91 Å². The number of amides is 1. The third kappa shape index (κ3) is 2.69. The molecule has 0 saturated carbocycles. The molecule has 0 bridgehead atoms. The lowest BCUT2D eigenvalue weighted by molar-refractivity contribution is 0.101. The van der Waals surface area contributed by atoms with Gasteiger partial charge in [0, 0.05) is 17.4 Å². The molecule has 1 aromatic heterocycles. The molecule has 0 aliphatic carbocycles. The smallest absolute Gasteiger partial charge is 0.272 e. The van der Waals surface area contributed by atoms with Crippen LogP contribution in [0.1, 0.15) is 34.1 Å². The van der Waals surface area contributed by atoms with Crippen molar-refractivity contribution >= 4 is 34.1 Å². The summed E-state index contributed by atoms with van der Waals surface area (Å²) in [5.41, 5.74) is 5.48. The van der Waals surface area contributed by atoms with Crippen molar-refractivity contribution in [1.82, 2.24) is 4.57 Å². The van der Waals surface area contributed by atoms with Gasteiger partial charge in [0.05, 0.1) is 10.7 Å². The number of nitrogens with one attached hydrogen (secondary N) is 1. The van der Waals surface area contributed by atoms with E-state index in [1.165, 1.54) is 0 Å². The normalized spacial score (nSPS) is 11.0. The molecule has 1 N–H and O–H groups in total. The van der Waals surface area contributed by atoms with Crippen LogP contribution in [0.2, 0.25) is 5.02 Å². The number of carbonyl (C=O) groups is 1. The number of fused-ring (bicyclic) bond motifs is 1. The zero-order valence-electron chi connectivity index (χ0n) is 14.4. The van der Waals surface area contributed by atoms with Crippen molar-refractivity contribution in [1.29, 1.82) is 0 Å². The predicted molar refractivity (Wildman–Crippen MR) is 101 cm³/mol. The molecule has 0 radical (unpaired) electrons. The van der Waals surface area contributed by atoms with Gasteiger partial charge in [-0.05, 0) is 56.5 Å². The van der Waals surface area contributed by atoms with Crippen molar-refractivity contribution in [3.05, 3.63) is 63.8 Å². The fourth-order valence-corrected chi connectivity index (χ4v) is 3.71. The van der Waals surface area contributed by atoms with Gasteiger partial charge < -0.3 is 9.88 Å². The van der Waals surface area contributed by atoms with E-state index in [4.69, 9.17) is 11.6 Å². The van der Waals surface area contributed by atoms with Crippen LogP contribution in [0.4, 0.5) is 5.69 Å². The van der Waals surface area contributed by atoms with Gasteiger partial charge in [-0.2, -0.15) is 0 Å². The first kappa shape index (κ1) is 16.6. The highest BCUT2D eigenvalue weighted by Gasteiger charge is 2.20. The lowest BCUT2D eigenvalue weighted by Gasteiger charge is -2.13. The molecule has 124 valence electrons. The van der Waals surface area contributed by atoms with Gasteiger partial charge in [0.2, 0.25) is 0 Å². The highest BCUT2D eigenvalue weighted by atomic mass is 35.5. The largest absolute Gasteiger partial charge is 0.337 e. The summed E-state index contributed by atoms with van der Waals surface area (Å²) in [4.78, 5) is 13.0. The molecule has 1 heterocycles. The molecule has 0 saturated heterocycles. The summed E-state index contributed by atoms with van der Waals surface area (Å²) >= 11 is 6.34. The van der Waals surface area contributed by atoms with E-state index in [0.29, 0.717) is 16.4 Å². The van der Waals surface area contributed by atoms with E-state index in [0.717, 1.165) is 34.1 Å². The van der Waals surface area contributed by atoms with Crippen LogP contribution in [0.15, 0.2) is 36.4 Å². The topological polar surface area (TPSA) is 34.0 Å². The maximum atomic E-state index is 13.0. The third-order valence-electron chi connectivity index (χ3n) is 4.43. The van der Waals surface area contributed by atoms with Crippen LogP contribution in [0.25, 0.3) is 10.9 Å². The lowest BCUT2D eigenvalue weighted by atomic mass is 10.1. The molecular formula is C20H21ClN2O. The number of aryl methyl sites for hydroxylation is 4. The van der Waals surface area contributed by atoms with E-state index in [2.05, 4.69) is 16.0 Å². The summed E-state index contributed by atoms with van der Waals surface area (Å²) in [6, 6.07) is 12.0. The first-order chi connectivity index (χ1) is 11.4. The number of rotatable bonds is 3. The van der Waals surface area contributed by atoms with Crippen molar-refractivity contribution in [2.75, 3.05) is 5.32 Å². The van der Waals surface area contributed by atoms with E-state index in [-0.39, 0.29) is 5.91 Å². The van der Waals surface area contributed by atoms with E-state index < -0.39 is 0 Å². The standard InChI is InChI=1S/C20H21ClN2O/c1-5-23-17-9-7-6-8-15(17)14(4)19(23)20(24)22-18-13(3)10-12(2)11-16(18)21/h6-11H,5H2,1-4H3,(H,22,24). The van der Waals surface area contributed by atoms with Crippen LogP contribution in [0.5, 0.6) is 0 Å². The summed E-state index contributed by atoms with van der Waals surface area (Å²) in [5, 5.41) is 4.68. The summed E-state index contributed by atoms with van der Waals surface area (Å²) in [5.74, 6) is -0.126. The maximum absolute atomic E-state index is 13.0. The maximum Gasteiger partial charge on any atom is 0.272 e. The molecule has 0 unspecified atom stereocenters. The number of aromatic nitrogens is 1. The number of nitrogens with zero attached hydrogens (tertiary/aromatic N) is 1. The van der Waals surface area contributed by atoms with Crippen molar-refractivity contribution in [3.63, 3.8) is 0 Å². The molecule has 3 rings (SSSR count). The SMILES string of the molecule is CCn1c(C(=O)Nc2c(C)cc(C)cc2Cl)c(C)c2ccccc21. The fraction of sp³-hybridized carbons (Fsp3) is 0.250. The van der Waals surface area contributed by atoms with Crippen LogP contribution < -0.4 is 5.32 Å². The summed E-state index contributed by atoms with van der Waals surface area (Å²) in [6.45, 7) is 8.72. The van der Waals surface area contributed by atoms with Gasteiger partial charge in [0.15, 0.2) is 0 Å². The molecule has 3 aromatic rings. The van der Waals surface area contributed by atoms with E-state index in [9.17, 15) is 4.79 Å². The number of halogens is 1. The van der Waals surface area contributed by atoms with Gasteiger partial charge in [-0.1, -0.05) is 35.9 Å². The number of hydrogen-bond donors (Lipinski definition) is 1. The molecule has 0 fully saturated rings. The Labute approximate surface area is 147 Å². The number of anilines is 1. The van der Waals surface area contributed by atoms with Crippen molar-refractivity contribution in [2.24, 2.45) is 0 Å². The van der Waals surface area contributed by atoms with Crippen LogP contribution in [-0.4, -0.2) is 10.5 Å². The Morgan fingerprint density at radius 2 is 1.88 bits per heavy atom. The van der Waals surface area contributed by atoms with Gasteiger partial charge >= 0.3 is 0 Å². The Morgan fingerprint density at radius 1 is 1.17 bits per heavy atom. The molecule has 0 atom stereocenters. The molecule has 0 aliphatic rings. The van der Waals surface area contributed by atoms with Crippen LogP contribution in [-0.2, 0) is 6.54 Å². The summed E-state index contributed by atoms with van der Waals surface area (Å²) in [6.07, 6.45) is 0. The fourth-order valence-electron chi connectivity index (χ4n) is 3.34. The Kier molecular flexibility index (Phi) is 4.37. The Hall–Kier alpha value is -2.26. The molecule has 0 aliphatic heterocycles. The zero-order chi connectivity index (χ0) is 17.4. The molecule has 3 nitrogen and oxygen atoms in total. The van der Waals surface area contributed by atoms with E-state index in [1.54, 1.807) is 0 Å². The second-order valence-electron chi connectivity index (χ2n) is 6.13. The monoisotopic (exact) mass is 340 g/mol. The second-order valence-corrected chi connectivity index (χ2v) is 6.53. The molecule has 2 aromatic carbocycles. The molecule has 0 spiro atoms. The average Bonchev–Trinajstić information content (AvgIpc) is 2.83. The number of benzene rings is 2. The number of para-hydroxylation sites is 1. The number of hydrogen-bond acceptors (Lipinski definition) is 1. The van der Waals surface area contributed by atoms with Crippen LogP contribution in [0, 0.1) is 20.8 Å². The van der Waals surface area contributed by atoms with Gasteiger partial charge in [0.1, 0.15) is 5.69 Å². The van der Waals surface area contributed by atoms with Crippen molar-refractivity contribution in [3.8, 4) is 0 Å². The molecular weight excluding hydrogens is 320 g/mol. The van der Waals surface area contributed by atoms with Gasteiger partial charge in [-0.3, -0.25) is 4.79 Å². The van der Waals surface area contributed by atoms with E-state index >= 15 is 0 Å². The Balaban J connectivity index is 2.09. The quantitative estimate of drug-likeness (QED) is 0.671.